The van der Waals surface area contributed by atoms with Crippen molar-refractivity contribution in [1.82, 2.24) is 0 Å². The van der Waals surface area contributed by atoms with Crippen LogP contribution in [0.2, 0.25) is 0 Å². The summed E-state index contributed by atoms with van der Waals surface area (Å²) in [5, 5.41) is -0.341. The van der Waals surface area contributed by atoms with E-state index in [1.165, 1.54) is 0 Å². The molecule has 5 heteroatoms. The molecule has 0 radical (unpaired) electrons. The molecular weight excluding hydrogens is 276 g/mol. The second-order valence-electron chi connectivity index (χ2n) is 7.55. The van der Waals surface area contributed by atoms with Crippen molar-refractivity contribution >= 4 is 15.8 Å². The van der Waals surface area contributed by atoms with Crippen molar-refractivity contribution in [2.45, 2.75) is 58.3 Å². The van der Waals surface area contributed by atoms with Crippen molar-refractivity contribution in [1.29, 1.82) is 0 Å². The predicted molar refractivity (Wildman–Crippen MR) is 78.0 cm³/mol. The number of carbonyl (C=O) groups is 1. The fourth-order valence-corrected chi connectivity index (χ4v) is 5.96. The largest absolute Gasteiger partial charge is 0.459 e. The normalized spacial score (nSPS) is 37.1. The van der Waals surface area contributed by atoms with Gasteiger partial charge in [-0.25, -0.2) is 8.42 Å². The average molecular weight is 302 g/mol. The lowest BCUT2D eigenvalue weighted by atomic mass is 9.81. The van der Waals surface area contributed by atoms with Crippen molar-refractivity contribution in [2.75, 3.05) is 5.75 Å². The van der Waals surface area contributed by atoms with E-state index in [1.807, 2.05) is 0 Å². The lowest BCUT2D eigenvalue weighted by molar-refractivity contribution is -0.151. The molecule has 2 saturated carbocycles. The van der Waals surface area contributed by atoms with Crippen molar-refractivity contribution in [3.05, 3.63) is 0 Å². The van der Waals surface area contributed by atoms with E-state index in [0.717, 1.165) is 12.8 Å². The first-order chi connectivity index (χ1) is 9.01. The maximum atomic E-state index is 12.5. The first kappa shape index (κ1) is 15.8. The Bertz CT molecular complexity index is 486. The number of esters is 1. The summed E-state index contributed by atoms with van der Waals surface area (Å²) < 4.78 is 30.1. The monoisotopic (exact) mass is 302 g/mol. The van der Waals surface area contributed by atoms with Gasteiger partial charge in [0, 0.05) is 0 Å². The molecule has 2 fully saturated rings. The van der Waals surface area contributed by atoms with Crippen LogP contribution in [0.3, 0.4) is 0 Å². The third-order valence-electron chi connectivity index (χ3n) is 5.04. The number of fused-ring (bicyclic) bond motifs is 2. The second kappa shape index (κ2) is 5.00. The van der Waals surface area contributed by atoms with Crippen molar-refractivity contribution in [3.63, 3.8) is 0 Å². The number of hydrogen-bond donors (Lipinski definition) is 0. The Hall–Kier alpha value is -0.580. The molecule has 2 bridgehead atoms. The number of carbonyl (C=O) groups excluding carboxylic acids is 1. The van der Waals surface area contributed by atoms with Crippen LogP contribution in [-0.2, 0) is 19.4 Å². The smallest absolute Gasteiger partial charge is 0.321 e. The summed E-state index contributed by atoms with van der Waals surface area (Å²) in [5.74, 6) is 0.677. The highest BCUT2D eigenvalue weighted by Gasteiger charge is 2.53. The standard InChI is InChI=1S/C15H26O4S/c1-9-10(2)12-6-11(9)7-13(12)20(17,18)8-14(16)19-15(3,4)5/h9-13H,6-8H2,1-5H3. The molecule has 0 amide bonds. The Balaban J connectivity index is 2.04. The molecular formula is C15H26O4S. The summed E-state index contributed by atoms with van der Waals surface area (Å²) in [6, 6.07) is 0. The molecule has 0 aromatic carbocycles. The lowest BCUT2D eigenvalue weighted by Gasteiger charge is -2.31. The van der Waals surface area contributed by atoms with Crippen molar-refractivity contribution in [2.24, 2.45) is 23.7 Å². The third-order valence-corrected chi connectivity index (χ3v) is 7.14. The predicted octanol–water partition coefficient (Wildman–Crippen LogP) is 2.42. The molecule has 0 aromatic rings. The summed E-state index contributed by atoms with van der Waals surface area (Å²) >= 11 is 0. The molecule has 5 unspecified atom stereocenters. The Kier molecular flexibility index (Phi) is 3.95. The zero-order valence-corrected chi connectivity index (χ0v) is 13.9. The minimum absolute atomic E-state index is 0.224. The fourth-order valence-electron chi connectivity index (χ4n) is 3.93. The van der Waals surface area contributed by atoms with E-state index >= 15 is 0 Å². The Morgan fingerprint density at radius 2 is 1.75 bits per heavy atom. The quantitative estimate of drug-likeness (QED) is 0.751. The van der Waals surface area contributed by atoms with Gasteiger partial charge in [0.05, 0.1) is 5.25 Å². The van der Waals surface area contributed by atoms with Crippen LogP contribution in [0.1, 0.15) is 47.5 Å². The molecule has 0 aromatic heterocycles. The summed E-state index contributed by atoms with van der Waals surface area (Å²) in [6.45, 7) is 9.60. The van der Waals surface area contributed by atoms with Crippen LogP contribution in [0.5, 0.6) is 0 Å². The molecule has 4 nitrogen and oxygen atoms in total. The van der Waals surface area contributed by atoms with Gasteiger partial charge in [-0.2, -0.15) is 0 Å². The summed E-state index contributed by atoms with van der Waals surface area (Å²) in [6.07, 6.45) is 1.72. The van der Waals surface area contributed by atoms with Gasteiger partial charge in [-0.15, -0.1) is 0 Å². The van der Waals surface area contributed by atoms with Crippen molar-refractivity contribution in [3.8, 4) is 0 Å². The zero-order chi connectivity index (χ0) is 15.3. The molecule has 5 atom stereocenters. The van der Waals surface area contributed by atoms with Gasteiger partial charge in [0.15, 0.2) is 9.84 Å². The number of ether oxygens (including phenoxy) is 1. The highest BCUT2D eigenvalue weighted by Crippen LogP contribution is 2.54. The van der Waals surface area contributed by atoms with E-state index in [-0.39, 0.29) is 11.2 Å². The van der Waals surface area contributed by atoms with E-state index in [9.17, 15) is 13.2 Å². The van der Waals surface area contributed by atoms with Crippen LogP contribution >= 0.6 is 0 Å². The summed E-state index contributed by atoms with van der Waals surface area (Å²) in [7, 11) is -3.39. The highest BCUT2D eigenvalue weighted by molar-refractivity contribution is 7.92. The number of hydrogen-bond acceptors (Lipinski definition) is 4. The lowest BCUT2D eigenvalue weighted by Crippen LogP contribution is -2.38. The van der Waals surface area contributed by atoms with E-state index in [4.69, 9.17) is 4.74 Å². The zero-order valence-electron chi connectivity index (χ0n) is 13.0. The Labute approximate surface area is 122 Å². The van der Waals surface area contributed by atoms with E-state index in [0.29, 0.717) is 17.8 Å². The van der Waals surface area contributed by atoms with Gasteiger partial charge in [0.1, 0.15) is 11.4 Å². The van der Waals surface area contributed by atoms with Crippen LogP contribution in [0.15, 0.2) is 0 Å². The Morgan fingerprint density at radius 1 is 1.15 bits per heavy atom. The fraction of sp³-hybridized carbons (Fsp3) is 0.933. The molecule has 116 valence electrons. The SMILES string of the molecule is CC1C2CC(C1C)C(S(=O)(=O)CC(=O)OC(C)(C)C)C2. The molecule has 0 saturated heterocycles. The molecule has 0 spiro atoms. The van der Waals surface area contributed by atoms with E-state index in [2.05, 4.69) is 13.8 Å². The molecule has 0 heterocycles. The minimum atomic E-state index is -3.39. The van der Waals surface area contributed by atoms with Gasteiger partial charge < -0.3 is 4.74 Å². The maximum absolute atomic E-state index is 12.5. The molecule has 2 rings (SSSR count). The van der Waals surface area contributed by atoms with Crippen LogP contribution in [0, 0.1) is 23.7 Å². The van der Waals surface area contributed by atoms with Crippen molar-refractivity contribution < 1.29 is 17.9 Å². The van der Waals surface area contributed by atoms with Gasteiger partial charge in [-0.3, -0.25) is 4.79 Å². The van der Waals surface area contributed by atoms with Gasteiger partial charge in [-0.1, -0.05) is 13.8 Å². The van der Waals surface area contributed by atoms with Crippen LogP contribution in [0.25, 0.3) is 0 Å². The first-order valence-electron chi connectivity index (χ1n) is 7.44. The van der Waals surface area contributed by atoms with E-state index in [1.54, 1.807) is 20.8 Å². The minimum Gasteiger partial charge on any atom is -0.459 e. The van der Waals surface area contributed by atoms with Gasteiger partial charge in [0.2, 0.25) is 0 Å². The number of sulfone groups is 1. The Morgan fingerprint density at radius 3 is 2.20 bits per heavy atom. The molecule has 20 heavy (non-hydrogen) atoms. The highest BCUT2D eigenvalue weighted by atomic mass is 32.2. The van der Waals surface area contributed by atoms with Gasteiger partial charge in [0.25, 0.3) is 0 Å². The van der Waals surface area contributed by atoms with Crippen LogP contribution in [-0.4, -0.2) is 31.0 Å². The van der Waals surface area contributed by atoms with Crippen LogP contribution < -0.4 is 0 Å². The topological polar surface area (TPSA) is 60.4 Å². The van der Waals surface area contributed by atoms with E-state index < -0.39 is 27.2 Å². The molecule has 2 aliphatic rings. The summed E-state index contributed by atoms with van der Waals surface area (Å²) in [5.41, 5.74) is -0.636. The van der Waals surface area contributed by atoms with Gasteiger partial charge in [-0.05, 0) is 57.3 Å². The third kappa shape index (κ3) is 3.02. The number of rotatable bonds is 3. The first-order valence-corrected chi connectivity index (χ1v) is 9.16. The average Bonchev–Trinajstić information content (AvgIpc) is 2.77. The summed E-state index contributed by atoms with van der Waals surface area (Å²) in [4.78, 5) is 11.8. The molecule has 0 N–H and O–H groups in total. The molecule has 2 aliphatic carbocycles. The maximum Gasteiger partial charge on any atom is 0.321 e. The van der Waals surface area contributed by atoms with Gasteiger partial charge >= 0.3 is 5.97 Å². The van der Waals surface area contributed by atoms with Crippen LogP contribution in [0.4, 0.5) is 0 Å². The molecule has 0 aliphatic heterocycles. The second-order valence-corrected chi connectivity index (χ2v) is 9.77.